The lowest BCUT2D eigenvalue weighted by Gasteiger charge is -2.20. The van der Waals surface area contributed by atoms with Crippen LogP contribution in [-0.4, -0.2) is 12.6 Å². The van der Waals surface area contributed by atoms with Crippen molar-refractivity contribution in [2.24, 2.45) is 0 Å². The van der Waals surface area contributed by atoms with Gasteiger partial charge in [-0.3, -0.25) is 0 Å². The summed E-state index contributed by atoms with van der Waals surface area (Å²) in [4.78, 5) is 0. The maximum Gasteiger partial charge on any atom is 0.0101 e. The number of nitrogens with one attached hydrogen (secondary N) is 1. The molecule has 0 amide bonds. The minimum absolute atomic E-state index is 0.450. The normalized spacial score (nSPS) is 12.2. The number of aryl methyl sites for hydroxylation is 1. The van der Waals surface area contributed by atoms with Crippen LogP contribution in [0.25, 0.3) is 0 Å². The third-order valence-corrected chi connectivity index (χ3v) is 5.04. The van der Waals surface area contributed by atoms with E-state index in [0.717, 1.165) is 19.4 Å². The zero-order valence-electron chi connectivity index (χ0n) is 15.6. The second-order valence-corrected chi connectivity index (χ2v) is 7.04. The van der Waals surface area contributed by atoms with Crippen molar-refractivity contribution in [1.29, 1.82) is 0 Å². The summed E-state index contributed by atoms with van der Waals surface area (Å²) in [6.45, 7) is 3.33. The van der Waals surface area contributed by atoms with Crippen LogP contribution in [0, 0.1) is 0 Å². The van der Waals surface area contributed by atoms with E-state index < -0.39 is 0 Å². The predicted octanol–water partition coefficient (Wildman–Crippen LogP) is 5.82. The Morgan fingerprint density at radius 1 is 0.654 bits per heavy atom. The van der Waals surface area contributed by atoms with Crippen LogP contribution in [0.2, 0.25) is 0 Å². The molecule has 0 saturated heterocycles. The molecule has 0 radical (unpaired) electrons. The van der Waals surface area contributed by atoms with Gasteiger partial charge in [0.1, 0.15) is 0 Å². The molecule has 0 aliphatic heterocycles. The summed E-state index contributed by atoms with van der Waals surface area (Å²) in [6.07, 6.45) is 3.42. The highest BCUT2D eigenvalue weighted by Crippen LogP contribution is 2.27. The fourth-order valence-electron chi connectivity index (χ4n) is 3.50. The SMILES string of the molecule is CC(CCc1ccccc1)NCCC(c1ccccc1)c1ccccc1. The van der Waals surface area contributed by atoms with Gasteiger partial charge in [0.2, 0.25) is 0 Å². The molecule has 1 unspecified atom stereocenters. The third kappa shape index (κ3) is 5.57. The molecule has 3 aromatic rings. The monoisotopic (exact) mass is 343 g/mol. The van der Waals surface area contributed by atoms with E-state index in [0.29, 0.717) is 12.0 Å². The lowest BCUT2D eigenvalue weighted by molar-refractivity contribution is 0.496. The zero-order valence-corrected chi connectivity index (χ0v) is 15.6. The zero-order chi connectivity index (χ0) is 18.0. The first-order chi connectivity index (χ1) is 12.8. The van der Waals surface area contributed by atoms with Gasteiger partial charge in [-0.1, -0.05) is 91.0 Å². The van der Waals surface area contributed by atoms with E-state index in [1.165, 1.54) is 23.1 Å². The highest BCUT2D eigenvalue weighted by atomic mass is 14.9. The van der Waals surface area contributed by atoms with Crippen molar-refractivity contribution in [2.75, 3.05) is 6.54 Å². The molecule has 1 N–H and O–H groups in total. The maximum absolute atomic E-state index is 3.72. The molecule has 0 aromatic heterocycles. The quantitative estimate of drug-likeness (QED) is 0.516. The third-order valence-electron chi connectivity index (χ3n) is 5.04. The van der Waals surface area contributed by atoms with E-state index >= 15 is 0 Å². The summed E-state index contributed by atoms with van der Waals surface area (Å²) in [5.74, 6) is 0.450. The molecule has 3 aromatic carbocycles. The Kier molecular flexibility index (Phi) is 7.04. The summed E-state index contributed by atoms with van der Waals surface area (Å²) in [5.41, 5.74) is 4.22. The van der Waals surface area contributed by atoms with Crippen LogP contribution in [0.3, 0.4) is 0 Å². The van der Waals surface area contributed by atoms with E-state index in [-0.39, 0.29) is 0 Å². The van der Waals surface area contributed by atoms with E-state index in [1.807, 2.05) is 0 Å². The fourth-order valence-corrected chi connectivity index (χ4v) is 3.50. The largest absolute Gasteiger partial charge is 0.314 e. The molecule has 1 atom stereocenters. The van der Waals surface area contributed by atoms with Crippen LogP contribution in [0.4, 0.5) is 0 Å². The van der Waals surface area contributed by atoms with Gasteiger partial charge in [0, 0.05) is 12.0 Å². The van der Waals surface area contributed by atoms with Crippen molar-refractivity contribution >= 4 is 0 Å². The van der Waals surface area contributed by atoms with Crippen molar-refractivity contribution in [1.82, 2.24) is 5.32 Å². The Morgan fingerprint density at radius 2 is 1.15 bits per heavy atom. The van der Waals surface area contributed by atoms with E-state index in [4.69, 9.17) is 0 Å². The van der Waals surface area contributed by atoms with Gasteiger partial charge in [-0.25, -0.2) is 0 Å². The number of rotatable bonds is 9. The number of hydrogen-bond donors (Lipinski definition) is 1. The Morgan fingerprint density at radius 3 is 1.69 bits per heavy atom. The lowest BCUT2D eigenvalue weighted by Crippen LogP contribution is -2.28. The molecular formula is C25H29N. The molecule has 0 fully saturated rings. The van der Waals surface area contributed by atoms with Gasteiger partial charge in [0.05, 0.1) is 0 Å². The van der Waals surface area contributed by atoms with Gasteiger partial charge in [-0.2, -0.15) is 0 Å². The molecule has 0 heterocycles. The molecule has 26 heavy (non-hydrogen) atoms. The number of benzene rings is 3. The minimum atomic E-state index is 0.450. The van der Waals surface area contributed by atoms with Crippen molar-refractivity contribution in [3.63, 3.8) is 0 Å². The van der Waals surface area contributed by atoms with Gasteiger partial charge >= 0.3 is 0 Å². The van der Waals surface area contributed by atoms with Gasteiger partial charge in [-0.15, -0.1) is 0 Å². The standard InChI is InChI=1S/C25H29N/c1-21(17-18-22-11-5-2-6-12-22)26-20-19-25(23-13-7-3-8-14-23)24-15-9-4-10-16-24/h2-16,21,25-26H,17-20H2,1H3. The lowest BCUT2D eigenvalue weighted by atomic mass is 9.88. The van der Waals surface area contributed by atoms with Gasteiger partial charge in [-0.05, 0) is 49.4 Å². The molecule has 0 spiro atoms. The van der Waals surface area contributed by atoms with Crippen molar-refractivity contribution < 1.29 is 0 Å². The first-order valence-corrected chi connectivity index (χ1v) is 9.70. The number of hydrogen-bond acceptors (Lipinski definition) is 1. The Bertz CT molecular complexity index is 697. The van der Waals surface area contributed by atoms with Gasteiger partial charge in [0.25, 0.3) is 0 Å². The highest BCUT2D eigenvalue weighted by molar-refractivity contribution is 5.32. The second kappa shape index (κ2) is 9.94. The van der Waals surface area contributed by atoms with Crippen LogP contribution >= 0.6 is 0 Å². The summed E-state index contributed by atoms with van der Waals surface area (Å²) in [7, 11) is 0. The smallest absolute Gasteiger partial charge is 0.0101 e. The van der Waals surface area contributed by atoms with E-state index in [2.05, 4.69) is 103 Å². The van der Waals surface area contributed by atoms with Crippen LogP contribution in [-0.2, 0) is 6.42 Å². The molecule has 0 saturated carbocycles. The van der Waals surface area contributed by atoms with Crippen LogP contribution in [0.1, 0.15) is 42.4 Å². The molecule has 0 bridgehead atoms. The fraction of sp³-hybridized carbons (Fsp3) is 0.280. The van der Waals surface area contributed by atoms with Gasteiger partial charge in [0.15, 0.2) is 0 Å². The van der Waals surface area contributed by atoms with Crippen LogP contribution < -0.4 is 5.32 Å². The summed E-state index contributed by atoms with van der Waals surface area (Å²) >= 11 is 0. The summed E-state index contributed by atoms with van der Waals surface area (Å²) < 4.78 is 0. The average Bonchev–Trinajstić information content (AvgIpc) is 2.72. The molecule has 0 aliphatic rings. The van der Waals surface area contributed by atoms with Crippen molar-refractivity contribution in [3.05, 3.63) is 108 Å². The topological polar surface area (TPSA) is 12.0 Å². The van der Waals surface area contributed by atoms with Crippen LogP contribution in [0.15, 0.2) is 91.0 Å². The maximum atomic E-state index is 3.72. The van der Waals surface area contributed by atoms with Crippen molar-refractivity contribution in [2.45, 2.75) is 38.1 Å². The molecule has 1 nitrogen and oxygen atoms in total. The first kappa shape index (κ1) is 18.4. The summed E-state index contributed by atoms with van der Waals surface area (Å²) in [5, 5.41) is 3.72. The Hall–Kier alpha value is -2.38. The van der Waals surface area contributed by atoms with E-state index in [9.17, 15) is 0 Å². The molecule has 0 aliphatic carbocycles. The Balaban J connectivity index is 1.53. The van der Waals surface area contributed by atoms with Crippen molar-refractivity contribution in [3.8, 4) is 0 Å². The highest BCUT2D eigenvalue weighted by Gasteiger charge is 2.14. The second-order valence-electron chi connectivity index (χ2n) is 7.04. The molecular weight excluding hydrogens is 314 g/mol. The van der Waals surface area contributed by atoms with E-state index in [1.54, 1.807) is 0 Å². The minimum Gasteiger partial charge on any atom is -0.314 e. The molecule has 3 rings (SSSR count). The molecule has 1 heteroatoms. The average molecular weight is 344 g/mol. The predicted molar refractivity (Wildman–Crippen MR) is 112 cm³/mol. The van der Waals surface area contributed by atoms with Gasteiger partial charge < -0.3 is 5.32 Å². The van der Waals surface area contributed by atoms with Crippen LogP contribution in [0.5, 0.6) is 0 Å². The summed E-state index contributed by atoms with van der Waals surface area (Å²) in [6, 6.07) is 33.0. The first-order valence-electron chi connectivity index (χ1n) is 9.70. The Labute approximate surface area is 158 Å². The molecule has 134 valence electrons.